The van der Waals surface area contributed by atoms with Gasteiger partial charge in [0.25, 0.3) is 0 Å². The van der Waals surface area contributed by atoms with Crippen molar-refractivity contribution in [1.29, 1.82) is 0 Å². The molecule has 0 atom stereocenters. The number of carbonyl (C=O) groups excluding carboxylic acids is 1. The highest BCUT2D eigenvalue weighted by Crippen LogP contribution is 2.23. The standard InChI is InChI=1S/C15H18N4OS/c1-10-14(21-11(2)18-10)9-17-12-4-3-5-13(8-12)19-7-6-16-15(19)20/h3-5,8,17H,6-7,9H2,1-2H3,(H,16,20). The van der Waals surface area contributed by atoms with Gasteiger partial charge in [-0.2, -0.15) is 0 Å². The van der Waals surface area contributed by atoms with Crippen LogP contribution in [-0.2, 0) is 6.54 Å². The number of rotatable bonds is 4. The topological polar surface area (TPSA) is 57.3 Å². The lowest BCUT2D eigenvalue weighted by atomic mass is 10.2. The van der Waals surface area contributed by atoms with Crippen LogP contribution in [-0.4, -0.2) is 24.1 Å². The highest BCUT2D eigenvalue weighted by molar-refractivity contribution is 7.11. The van der Waals surface area contributed by atoms with Gasteiger partial charge in [0.2, 0.25) is 0 Å². The van der Waals surface area contributed by atoms with E-state index in [1.54, 1.807) is 16.2 Å². The zero-order valence-corrected chi connectivity index (χ0v) is 13.0. The molecule has 0 aliphatic carbocycles. The number of aromatic nitrogens is 1. The van der Waals surface area contributed by atoms with Gasteiger partial charge in [-0.3, -0.25) is 4.90 Å². The maximum atomic E-state index is 11.7. The fraction of sp³-hybridized carbons (Fsp3) is 0.333. The van der Waals surface area contributed by atoms with E-state index in [0.717, 1.165) is 35.2 Å². The van der Waals surface area contributed by atoms with Gasteiger partial charge in [-0.05, 0) is 32.0 Å². The van der Waals surface area contributed by atoms with E-state index in [2.05, 4.69) is 15.6 Å². The molecule has 0 spiro atoms. The number of thiazole rings is 1. The number of nitrogens with zero attached hydrogens (tertiary/aromatic N) is 2. The van der Waals surface area contributed by atoms with Gasteiger partial charge in [-0.1, -0.05) is 6.07 Å². The molecule has 21 heavy (non-hydrogen) atoms. The lowest BCUT2D eigenvalue weighted by molar-refractivity contribution is 0.252. The van der Waals surface area contributed by atoms with Crippen LogP contribution in [0.2, 0.25) is 0 Å². The molecule has 1 aliphatic heterocycles. The number of amides is 2. The van der Waals surface area contributed by atoms with Gasteiger partial charge in [0, 0.05) is 29.3 Å². The molecule has 2 aromatic rings. The van der Waals surface area contributed by atoms with Crippen LogP contribution in [0.4, 0.5) is 16.2 Å². The molecule has 0 unspecified atom stereocenters. The summed E-state index contributed by atoms with van der Waals surface area (Å²) >= 11 is 1.72. The van der Waals surface area contributed by atoms with E-state index in [9.17, 15) is 4.79 Å². The van der Waals surface area contributed by atoms with Crippen LogP contribution >= 0.6 is 11.3 Å². The van der Waals surface area contributed by atoms with E-state index in [-0.39, 0.29) is 6.03 Å². The highest BCUT2D eigenvalue weighted by Gasteiger charge is 2.21. The lowest BCUT2D eigenvalue weighted by Crippen LogP contribution is -2.27. The number of anilines is 2. The van der Waals surface area contributed by atoms with Crippen LogP contribution in [0.1, 0.15) is 15.6 Å². The smallest absolute Gasteiger partial charge is 0.321 e. The Labute approximate surface area is 128 Å². The average Bonchev–Trinajstić information content (AvgIpc) is 3.02. The molecule has 2 heterocycles. The zero-order chi connectivity index (χ0) is 14.8. The number of hydrogen-bond donors (Lipinski definition) is 2. The summed E-state index contributed by atoms with van der Waals surface area (Å²) in [6.07, 6.45) is 0. The summed E-state index contributed by atoms with van der Waals surface area (Å²) in [5, 5.41) is 7.31. The zero-order valence-electron chi connectivity index (χ0n) is 12.1. The summed E-state index contributed by atoms with van der Waals surface area (Å²) < 4.78 is 0. The molecule has 1 aromatic carbocycles. The van der Waals surface area contributed by atoms with Crippen LogP contribution in [0, 0.1) is 13.8 Å². The van der Waals surface area contributed by atoms with Gasteiger partial charge in [0.1, 0.15) is 0 Å². The maximum absolute atomic E-state index is 11.7. The molecule has 6 heteroatoms. The van der Waals surface area contributed by atoms with Crippen molar-refractivity contribution in [3.8, 4) is 0 Å². The molecule has 1 aromatic heterocycles. The van der Waals surface area contributed by atoms with Gasteiger partial charge >= 0.3 is 6.03 Å². The number of hydrogen-bond acceptors (Lipinski definition) is 4. The summed E-state index contributed by atoms with van der Waals surface area (Å²) in [5.74, 6) is 0. The van der Waals surface area contributed by atoms with Crippen LogP contribution < -0.4 is 15.5 Å². The second-order valence-corrected chi connectivity index (χ2v) is 6.32. The Balaban J connectivity index is 1.71. The number of carbonyl (C=O) groups is 1. The minimum Gasteiger partial charge on any atom is -0.380 e. The molecule has 0 radical (unpaired) electrons. The van der Waals surface area contributed by atoms with Crippen molar-refractivity contribution in [3.05, 3.63) is 39.8 Å². The highest BCUT2D eigenvalue weighted by atomic mass is 32.1. The molecule has 1 saturated heterocycles. The molecule has 5 nitrogen and oxygen atoms in total. The average molecular weight is 302 g/mol. The first kappa shape index (κ1) is 13.9. The molecule has 1 fully saturated rings. The first-order chi connectivity index (χ1) is 10.1. The number of aryl methyl sites for hydroxylation is 2. The SMILES string of the molecule is Cc1nc(C)c(CNc2cccc(N3CCNC3=O)c2)s1. The van der Waals surface area contributed by atoms with E-state index in [4.69, 9.17) is 0 Å². The molecule has 0 bridgehead atoms. The Kier molecular flexibility index (Phi) is 3.79. The van der Waals surface area contributed by atoms with E-state index in [0.29, 0.717) is 6.54 Å². The summed E-state index contributed by atoms with van der Waals surface area (Å²) in [7, 11) is 0. The second-order valence-electron chi connectivity index (χ2n) is 5.03. The molecular weight excluding hydrogens is 284 g/mol. The van der Waals surface area contributed by atoms with Crippen LogP contribution in [0.15, 0.2) is 24.3 Å². The molecule has 110 valence electrons. The van der Waals surface area contributed by atoms with Crippen molar-refractivity contribution >= 4 is 28.7 Å². The quantitative estimate of drug-likeness (QED) is 0.913. The van der Waals surface area contributed by atoms with Crippen molar-refractivity contribution in [2.75, 3.05) is 23.3 Å². The summed E-state index contributed by atoms with van der Waals surface area (Å²) in [6.45, 7) is 6.23. The minimum absolute atomic E-state index is 0.0268. The minimum atomic E-state index is -0.0268. The maximum Gasteiger partial charge on any atom is 0.321 e. The summed E-state index contributed by atoms with van der Waals surface area (Å²) in [6, 6.07) is 7.92. The van der Waals surface area contributed by atoms with Crippen LogP contribution in [0.25, 0.3) is 0 Å². The third-order valence-electron chi connectivity index (χ3n) is 3.47. The van der Waals surface area contributed by atoms with Gasteiger partial charge < -0.3 is 10.6 Å². The third-order valence-corrected chi connectivity index (χ3v) is 4.54. The second kappa shape index (κ2) is 5.73. The van der Waals surface area contributed by atoms with E-state index >= 15 is 0 Å². The predicted molar refractivity (Wildman–Crippen MR) is 86.1 cm³/mol. The van der Waals surface area contributed by atoms with Crippen molar-refractivity contribution < 1.29 is 4.79 Å². The Morgan fingerprint density at radius 1 is 1.43 bits per heavy atom. The largest absolute Gasteiger partial charge is 0.380 e. The first-order valence-electron chi connectivity index (χ1n) is 6.96. The Morgan fingerprint density at radius 3 is 2.95 bits per heavy atom. The lowest BCUT2D eigenvalue weighted by Gasteiger charge is -2.15. The van der Waals surface area contributed by atoms with Crippen LogP contribution in [0.5, 0.6) is 0 Å². The van der Waals surface area contributed by atoms with Crippen LogP contribution in [0.3, 0.4) is 0 Å². The van der Waals surface area contributed by atoms with Gasteiger partial charge in [0.15, 0.2) is 0 Å². The monoisotopic (exact) mass is 302 g/mol. The van der Waals surface area contributed by atoms with E-state index in [1.165, 1.54) is 4.88 Å². The Morgan fingerprint density at radius 2 is 2.29 bits per heavy atom. The van der Waals surface area contributed by atoms with Gasteiger partial charge in [0.05, 0.1) is 17.2 Å². The molecular formula is C15H18N4OS. The van der Waals surface area contributed by atoms with Crippen molar-refractivity contribution in [3.63, 3.8) is 0 Å². The summed E-state index contributed by atoms with van der Waals surface area (Å²) in [4.78, 5) is 19.1. The van der Waals surface area contributed by atoms with E-state index < -0.39 is 0 Å². The normalized spacial score (nSPS) is 14.4. The Bertz CT molecular complexity index is 667. The molecule has 1 aliphatic rings. The number of benzene rings is 1. The number of urea groups is 1. The van der Waals surface area contributed by atoms with E-state index in [1.807, 2.05) is 38.1 Å². The molecule has 2 amide bonds. The fourth-order valence-corrected chi connectivity index (χ4v) is 3.30. The first-order valence-corrected chi connectivity index (χ1v) is 7.77. The third kappa shape index (κ3) is 3.00. The van der Waals surface area contributed by atoms with Crippen molar-refractivity contribution in [2.24, 2.45) is 0 Å². The summed E-state index contributed by atoms with van der Waals surface area (Å²) in [5.41, 5.74) is 3.02. The van der Waals surface area contributed by atoms with Gasteiger partial charge in [-0.15, -0.1) is 11.3 Å². The predicted octanol–water partition coefficient (Wildman–Crippen LogP) is 2.90. The fourth-order valence-electron chi connectivity index (χ4n) is 2.42. The van der Waals surface area contributed by atoms with Crippen molar-refractivity contribution in [1.82, 2.24) is 10.3 Å². The Hall–Kier alpha value is -2.08. The molecule has 2 N–H and O–H groups in total. The number of nitrogens with one attached hydrogen (secondary N) is 2. The molecule has 3 rings (SSSR count). The molecule has 0 saturated carbocycles. The van der Waals surface area contributed by atoms with Gasteiger partial charge in [-0.25, -0.2) is 9.78 Å². The van der Waals surface area contributed by atoms with Crippen molar-refractivity contribution in [2.45, 2.75) is 20.4 Å².